The van der Waals surface area contributed by atoms with Crippen LogP contribution in [0.15, 0.2) is 0 Å². The third kappa shape index (κ3) is 4.99. The highest BCUT2D eigenvalue weighted by Gasteiger charge is 2.30. The van der Waals surface area contributed by atoms with Crippen LogP contribution in [0.5, 0.6) is 0 Å². The monoisotopic (exact) mass is 259 g/mol. The minimum Gasteiger partial charge on any atom is -0.383 e. The van der Waals surface area contributed by atoms with Gasteiger partial charge in [0.1, 0.15) is 0 Å². The Morgan fingerprint density at radius 1 is 1.50 bits per heavy atom. The van der Waals surface area contributed by atoms with Crippen molar-refractivity contribution in [3.05, 3.63) is 0 Å². The number of carbonyl (C=O) groups excluding carboxylic acids is 2. The Bertz CT molecular complexity index is 298. The second-order valence-electron chi connectivity index (χ2n) is 4.62. The number of ether oxygens (including phenoxy) is 1. The summed E-state index contributed by atoms with van der Waals surface area (Å²) in [6, 6.07) is 0. The van der Waals surface area contributed by atoms with Crippen LogP contribution in [-0.2, 0) is 14.3 Å². The van der Waals surface area contributed by atoms with Crippen LogP contribution in [0, 0.1) is 11.8 Å². The summed E-state index contributed by atoms with van der Waals surface area (Å²) in [7, 11) is 1.56. The zero-order valence-corrected chi connectivity index (χ0v) is 10.6. The summed E-state index contributed by atoms with van der Waals surface area (Å²) in [5.41, 5.74) is 5.23. The molecule has 0 aromatic heterocycles. The van der Waals surface area contributed by atoms with Gasteiger partial charge in [0.05, 0.1) is 12.5 Å². The van der Waals surface area contributed by atoms with Gasteiger partial charge in [-0.25, -0.2) is 0 Å². The summed E-state index contributed by atoms with van der Waals surface area (Å²) in [5, 5.41) is 13.3. The topological polar surface area (TPSA) is 105 Å². The lowest BCUT2D eigenvalue weighted by Crippen LogP contribution is -2.44. The number of hydrogen-bond acceptors (Lipinski definition) is 5. The lowest BCUT2D eigenvalue weighted by molar-refractivity contribution is -0.150. The van der Waals surface area contributed by atoms with Crippen LogP contribution < -0.4 is 11.1 Å². The van der Waals surface area contributed by atoms with E-state index in [9.17, 15) is 14.8 Å². The van der Waals surface area contributed by atoms with Crippen molar-refractivity contribution in [2.45, 2.75) is 12.8 Å². The molecule has 7 heteroatoms. The minimum atomic E-state index is -0.432. The van der Waals surface area contributed by atoms with Crippen LogP contribution >= 0.6 is 0 Å². The smallest absolute Gasteiger partial charge is 0.221 e. The molecule has 18 heavy (non-hydrogen) atoms. The van der Waals surface area contributed by atoms with E-state index in [1.54, 1.807) is 7.11 Å². The molecule has 1 rings (SSSR count). The number of rotatable bonds is 6. The molecule has 1 aliphatic heterocycles. The quantitative estimate of drug-likeness (QED) is 0.528. The highest BCUT2D eigenvalue weighted by molar-refractivity contribution is 5.78. The molecule has 0 bridgehead atoms. The normalized spacial score (nSPS) is 24.8. The summed E-state index contributed by atoms with van der Waals surface area (Å²) in [4.78, 5) is 22.7. The van der Waals surface area contributed by atoms with Crippen molar-refractivity contribution in [2.75, 3.05) is 33.4 Å². The predicted molar refractivity (Wildman–Crippen MR) is 63.7 cm³/mol. The van der Waals surface area contributed by atoms with Crippen molar-refractivity contribution < 1.29 is 19.5 Å². The Morgan fingerprint density at radius 3 is 2.83 bits per heavy atom. The van der Waals surface area contributed by atoms with Gasteiger partial charge in [-0.15, -0.1) is 0 Å². The lowest BCUT2D eigenvalue weighted by Gasteiger charge is -2.32. The van der Waals surface area contributed by atoms with Crippen LogP contribution in [0.3, 0.4) is 0 Å². The van der Waals surface area contributed by atoms with Crippen molar-refractivity contribution in [3.8, 4) is 0 Å². The van der Waals surface area contributed by atoms with E-state index in [2.05, 4.69) is 5.32 Å². The molecular formula is C11H21N3O4. The van der Waals surface area contributed by atoms with Crippen LogP contribution in [-0.4, -0.2) is 55.4 Å². The van der Waals surface area contributed by atoms with E-state index in [0.717, 1.165) is 5.06 Å². The molecule has 1 heterocycles. The first-order valence-electron chi connectivity index (χ1n) is 6.01. The molecule has 4 N–H and O–H groups in total. The van der Waals surface area contributed by atoms with Crippen LogP contribution in [0.2, 0.25) is 0 Å². The average Bonchev–Trinajstić information content (AvgIpc) is 2.28. The molecule has 1 fully saturated rings. The number of amides is 2. The SMILES string of the molecule is COCCNC(=O)CC1CC(C(N)=O)CN(O)C1. The van der Waals surface area contributed by atoms with Gasteiger partial charge in [0.15, 0.2) is 0 Å². The number of nitrogens with two attached hydrogens (primary N) is 1. The van der Waals surface area contributed by atoms with Gasteiger partial charge in [0.25, 0.3) is 0 Å². The standard InChI is InChI=1S/C11H21N3O4/c1-18-3-2-13-10(15)5-8-4-9(11(12)16)7-14(17)6-8/h8-9,17H,2-7H2,1H3,(H2,12,16)(H,13,15). The van der Waals surface area contributed by atoms with E-state index in [1.807, 2.05) is 0 Å². The molecule has 0 spiro atoms. The second kappa shape index (κ2) is 7.30. The van der Waals surface area contributed by atoms with E-state index in [1.165, 1.54) is 0 Å². The molecule has 104 valence electrons. The van der Waals surface area contributed by atoms with Gasteiger partial charge >= 0.3 is 0 Å². The highest BCUT2D eigenvalue weighted by atomic mass is 16.5. The van der Waals surface area contributed by atoms with E-state index in [4.69, 9.17) is 10.5 Å². The summed E-state index contributed by atoms with van der Waals surface area (Å²) < 4.78 is 4.82. The van der Waals surface area contributed by atoms with Gasteiger partial charge in [-0.3, -0.25) is 9.59 Å². The Morgan fingerprint density at radius 2 is 2.22 bits per heavy atom. The number of hydrogen-bond donors (Lipinski definition) is 3. The van der Waals surface area contributed by atoms with E-state index in [0.29, 0.717) is 26.1 Å². The zero-order chi connectivity index (χ0) is 13.5. The third-order valence-electron chi connectivity index (χ3n) is 3.02. The second-order valence-corrected chi connectivity index (χ2v) is 4.62. The number of primary amides is 1. The van der Waals surface area contributed by atoms with Gasteiger partial charge < -0.3 is 21.0 Å². The number of piperidine rings is 1. The molecule has 2 amide bonds. The maximum absolute atomic E-state index is 11.6. The lowest BCUT2D eigenvalue weighted by atomic mass is 9.87. The number of nitrogens with zero attached hydrogens (tertiary/aromatic N) is 1. The van der Waals surface area contributed by atoms with Crippen molar-refractivity contribution in [1.29, 1.82) is 0 Å². The van der Waals surface area contributed by atoms with Gasteiger partial charge in [-0.1, -0.05) is 0 Å². The van der Waals surface area contributed by atoms with Gasteiger partial charge in [-0.2, -0.15) is 5.06 Å². The van der Waals surface area contributed by atoms with Crippen LogP contribution in [0.4, 0.5) is 0 Å². The summed E-state index contributed by atoms with van der Waals surface area (Å²) in [6.45, 7) is 1.56. The van der Waals surface area contributed by atoms with Crippen molar-refractivity contribution in [1.82, 2.24) is 10.4 Å². The summed E-state index contributed by atoms with van der Waals surface area (Å²) in [5.74, 6) is -0.974. The largest absolute Gasteiger partial charge is 0.383 e. The summed E-state index contributed by atoms with van der Waals surface area (Å²) >= 11 is 0. The first-order valence-corrected chi connectivity index (χ1v) is 6.01. The van der Waals surface area contributed by atoms with Crippen LogP contribution in [0.25, 0.3) is 0 Å². The maximum Gasteiger partial charge on any atom is 0.221 e. The average molecular weight is 259 g/mol. The maximum atomic E-state index is 11.6. The van der Waals surface area contributed by atoms with Gasteiger partial charge in [0, 0.05) is 33.2 Å². The molecular weight excluding hydrogens is 238 g/mol. The number of hydroxylamine groups is 2. The third-order valence-corrected chi connectivity index (χ3v) is 3.02. The first kappa shape index (κ1) is 14.9. The van der Waals surface area contributed by atoms with Crippen molar-refractivity contribution in [3.63, 3.8) is 0 Å². The van der Waals surface area contributed by atoms with Gasteiger partial charge in [-0.05, 0) is 12.3 Å². The Balaban J connectivity index is 2.36. The van der Waals surface area contributed by atoms with Gasteiger partial charge in [0.2, 0.25) is 11.8 Å². The zero-order valence-electron chi connectivity index (χ0n) is 10.6. The molecule has 7 nitrogen and oxygen atoms in total. The molecule has 0 aliphatic carbocycles. The number of nitrogens with one attached hydrogen (secondary N) is 1. The van der Waals surface area contributed by atoms with E-state index >= 15 is 0 Å². The molecule has 0 aromatic carbocycles. The molecule has 0 aromatic rings. The Kier molecular flexibility index (Phi) is 6.03. The first-order chi connectivity index (χ1) is 8.52. The molecule has 1 aliphatic rings. The Hall–Kier alpha value is -1.18. The highest BCUT2D eigenvalue weighted by Crippen LogP contribution is 2.23. The fourth-order valence-corrected chi connectivity index (χ4v) is 2.16. The number of methoxy groups -OCH3 is 1. The van der Waals surface area contributed by atoms with E-state index < -0.39 is 5.91 Å². The molecule has 0 saturated carbocycles. The minimum absolute atomic E-state index is 0.0520. The molecule has 1 saturated heterocycles. The number of carbonyl (C=O) groups is 2. The van der Waals surface area contributed by atoms with E-state index in [-0.39, 0.29) is 30.7 Å². The van der Waals surface area contributed by atoms with Crippen molar-refractivity contribution >= 4 is 11.8 Å². The predicted octanol–water partition coefficient (Wildman–Crippen LogP) is -1.05. The molecule has 2 atom stereocenters. The molecule has 0 radical (unpaired) electrons. The van der Waals surface area contributed by atoms with Crippen LogP contribution in [0.1, 0.15) is 12.8 Å². The molecule has 2 unspecified atom stereocenters. The fourth-order valence-electron chi connectivity index (χ4n) is 2.16. The summed E-state index contributed by atoms with van der Waals surface area (Å²) in [6.07, 6.45) is 0.828. The Labute approximate surface area is 106 Å². The fraction of sp³-hybridized carbons (Fsp3) is 0.818. The van der Waals surface area contributed by atoms with Crippen molar-refractivity contribution in [2.24, 2.45) is 17.6 Å².